The number of para-hydroxylation sites is 1. The summed E-state index contributed by atoms with van der Waals surface area (Å²) >= 11 is 0. The number of benzene rings is 3. The molecule has 3 rings (SSSR count). The molecule has 0 atom stereocenters. The molecule has 0 heterocycles. The van der Waals surface area contributed by atoms with E-state index < -0.39 is 28.2 Å². The molecule has 0 aromatic heterocycles. The number of carbonyl (C=O) groups excluding carboxylic acids is 2. The quantitative estimate of drug-likeness (QED) is 0.286. The number of nitro benzene ring substituents is 1. The zero-order valence-corrected chi connectivity index (χ0v) is 16.8. The number of carbonyl (C=O) groups is 2. The van der Waals surface area contributed by atoms with E-state index in [4.69, 9.17) is 0 Å². The highest BCUT2D eigenvalue weighted by atomic mass is 16.6. The fourth-order valence-electron chi connectivity index (χ4n) is 3.07. The zero-order valence-electron chi connectivity index (χ0n) is 16.8. The van der Waals surface area contributed by atoms with Gasteiger partial charge in [-0.05, 0) is 17.2 Å². The molecular formula is C23H20N4O5. The molecule has 3 aromatic carbocycles. The first-order valence-electron chi connectivity index (χ1n) is 9.63. The summed E-state index contributed by atoms with van der Waals surface area (Å²) in [6.45, 7) is -0.326. The zero-order chi connectivity index (χ0) is 22.9. The number of nitrogens with one attached hydrogen (secondary N) is 2. The summed E-state index contributed by atoms with van der Waals surface area (Å²) < 4.78 is 0. The number of rotatable bonds is 8. The maximum Gasteiger partial charge on any atom is 0.311 e. The second-order valence-corrected chi connectivity index (χ2v) is 6.74. The van der Waals surface area contributed by atoms with E-state index in [0.29, 0.717) is 0 Å². The Kier molecular flexibility index (Phi) is 7.26. The minimum Gasteiger partial charge on any atom is -0.502 e. The van der Waals surface area contributed by atoms with E-state index in [-0.39, 0.29) is 18.0 Å². The SMILES string of the molecule is O=C(CNC(=O)C(c1ccccc1)c1ccccc1)N/N=C/c1cccc([N+](=O)[O-])c1O. The first-order valence-corrected chi connectivity index (χ1v) is 9.63. The summed E-state index contributed by atoms with van der Waals surface area (Å²) in [5.41, 5.74) is 3.39. The van der Waals surface area contributed by atoms with Crippen molar-refractivity contribution in [3.8, 4) is 5.75 Å². The first kappa shape index (κ1) is 22.2. The Labute approximate surface area is 183 Å². The van der Waals surface area contributed by atoms with Crippen molar-refractivity contribution in [1.29, 1.82) is 0 Å². The molecular weight excluding hydrogens is 412 g/mol. The molecule has 0 unspecified atom stereocenters. The van der Waals surface area contributed by atoms with E-state index >= 15 is 0 Å². The second kappa shape index (κ2) is 10.5. The van der Waals surface area contributed by atoms with Crippen molar-refractivity contribution in [3.63, 3.8) is 0 Å². The summed E-state index contributed by atoms with van der Waals surface area (Å²) in [7, 11) is 0. The van der Waals surface area contributed by atoms with Crippen LogP contribution in [0.25, 0.3) is 0 Å². The number of phenolic OH excluding ortho intramolecular Hbond substituents is 1. The van der Waals surface area contributed by atoms with Crippen molar-refractivity contribution >= 4 is 23.7 Å². The standard InChI is InChI=1S/C23H20N4O5/c28-20(26-25-14-18-12-7-13-19(22(18)29)27(31)32)15-24-23(30)21(16-8-3-1-4-9-16)17-10-5-2-6-11-17/h1-14,21,29H,15H2,(H,24,30)(H,26,28)/b25-14+. The lowest BCUT2D eigenvalue weighted by Gasteiger charge is -2.17. The average Bonchev–Trinajstić information content (AvgIpc) is 2.80. The van der Waals surface area contributed by atoms with Gasteiger partial charge in [0.2, 0.25) is 11.7 Å². The first-order chi connectivity index (χ1) is 15.5. The van der Waals surface area contributed by atoms with Crippen LogP contribution in [-0.4, -0.2) is 34.6 Å². The highest BCUT2D eigenvalue weighted by molar-refractivity contribution is 5.91. The van der Waals surface area contributed by atoms with Crippen LogP contribution in [-0.2, 0) is 9.59 Å². The number of nitro groups is 1. The van der Waals surface area contributed by atoms with E-state index in [1.54, 1.807) is 0 Å². The van der Waals surface area contributed by atoms with Gasteiger partial charge in [0.25, 0.3) is 5.91 Å². The van der Waals surface area contributed by atoms with Gasteiger partial charge >= 0.3 is 5.69 Å². The molecule has 0 bridgehead atoms. The topological polar surface area (TPSA) is 134 Å². The van der Waals surface area contributed by atoms with Gasteiger partial charge in [-0.2, -0.15) is 5.10 Å². The van der Waals surface area contributed by atoms with Crippen LogP contribution in [0.4, 0.5) is 5.69 Å². The van der Waals surface area contributed by atoms with Crippen molar-refractivity contribution in [2.45, 2.75) is 5.92 Å². The molecule has 0 aliphatic heterocycles. The fraction of sp³-hybridized carbons (Fsp3) is 0.0870. The van der Waals surface area contributed by atoms with Crippen molar-refractivity contribution in [2.24, 2.45) is 5.10 Å². The molecule has 0 aliphatic rings. The lowest BCUT2D eigenvalue weighted by atomic mass is 9.90. The third-order valence-corrected chi connectivity index (χ3v) is 4.59. The van der Waals surface area contributed by atoms with E-state index in [1.165, 1.54) is 12.1 Å². The third-order valence-electron chi connectivity index (χ3n) is 4.59. The number of hydrogen-bond donors (Lipinski definition) is 3. The van der Waals surface area contributed by atoms with Crippen LogP contribution in [0.2, 0.25) is 0 Å². The number of nitrogens with zero attached hydrogens (tertiary/aromatic N) is 2. The van der Waals surface area contributed by atoms with Gasteiger partial charge < -0.3 is 10.4 Å². The van der Waals surface area contributed by atoms with Gasteiger partial charge in [0.15, 0.2) is 0 Å². The monoisotopic (exact) mass is 432 g/mol. The lowest BCUT2D eigenvalue weighted by molar-refractivity contribution is -0.385. The molecule has 0 saturated carbocycles. The van der Waals surface area contributed by atoms with Crippen LogP contribution < -0.4 is 10.7 Å². The van der Waals surface area contributed by atoms with Gasteiger partial charge in [0, 0.05) is 11.6 Å². The van der Waals surface area contributed by atoms with Crippen molar-refractivity contribution in [3.05, 3.63) is 106 Å². The van der Waals surface area contributed by atoms with E-state index in [1.807, 2.05) is 60.7 Å². The smallest absolute Gasteiger partial charge is 0.311 e. The van der Waals surface area contributed by atoms with E-state index in [2.05, 4.69) is 15.8 Å². The molecule has 2 amide bonds. The molecule has 0 spiro atoms. The Bertz CT molecular complexity index is 1090. The Morgan fingerprint density at radius 1 is 0.969 bits per heavy atom. The van der Waals surface area contributed by atoms with E-state index in [9.17, 15) is 24.8 Å². The fourth-order valence-corrected chi connectivity index (χ4v) is 3.07. The second-order valence-electron chi connectivity index (χ2n) is 6.74. The molecule has 0 fully saturated rings. The van der Waals surface area contributed by atoms with Crippen LogP contribution >= 0.6 is 0 Å². The van der Waals surface area contributed by atoms with Crippen molar-refractivity contribution in [2.75, 3.05) is 6.54 Å². The van der Waals surface area contributed by atoms with Gasteiger partial charge in [-0.15, -0.1) is 0 Å². The molecule has 0 aliphatic carbocycles. The number of aromatic hydroxyl groups is 1. The minimum absolute atomic E-state index is 0.0664. The number of amides is 2. The van der Waals surface area contributed by atoms with Gasteiger partial charge in [0.05, 0.1) is 23.6 Å². The predicted octanol–water partition coefficient (Wildman–Crippen LogP) is 2.70. The summed E-state index contributed by atoms with van der Waals surface area (Å²) in [5, 5.41) is 27.0. The van der Waals surface area contributed by atoms with Crippen LogP contribution in [0.5, 0.6) is 5.75 Å². The molecule has 32 heavy (non-hydrogen) atoms. The minimum atomic E-state index is -0.726. The Morgan fingerprint density at radius 2 is 1.56 bits per heavy atom. The third kappa shape index (κ3) is 5.54. The number of hydrazone groups is 1. The predicted molar refractivity (Wildman–Crippen MR) is 118 cm³/mol. The Hall–Kier alpha value is -4.53. The van der Waals surface area contributed by atoms with Gasteiger partial charge in [0.1, 0.15) is 0 Å². The van der Waals surface area contributed by atoms with Gasteiger partial charge in [-0.25, -0.2) is 5.43 Å². The Balaban J connectivity index is 1.62. The van der Waals surface area contributed by atoms with Crippen LogP contribution in [0.15, 0.2) is 84.0 Å². The molecule has 0 radical (unpaired) electrons. The van der Waals surface area contributed by atoms with Crippen molar-refractivity contribution < 1.29 is 19.6 Å². The molecule has 9 heteroatoms. The molecule has 0 saturated heterocycles. The van der Waals surface area contributed by atoms with Crippen LogP contribution in [0.1, 0.15) is 22.6 Å². The molecule has 3 N–H and O–H groups in total. The molecule has 9 nitrogen and oxygen atoms in total. The molecule has 162 valence electrons. The maximum atomic E-state index is 12.9. The largest absolute Gasteiger partial charge is 0.502 e. The van der Waals surface area contributed by atoms with E-state index in [0.717, 1.165) is 23.4 Å². The van der Waals surface area contributed by atoms with Gasteiger partial charge in [-0.3, -0.25) is 19.7 Å². The summed E-state index contributed by atoms with van der Waals surface area (Å²) in [4.78, 5) is 35.1. The normalized spacial score (nSPS) is 10.8. The number of phenols is 1. The molecule has 3 aromatic rings. The summed E-state index contributed by atoms with van der Waals surface area (Å²) in [6, 6.07) is 22.4. The Morgan fingerprint density at radius 3 is 2.12 bits per heavy atom. The van der Waals surface area contributed by atoms with Crippen LogP contribution in [0.3, 0.4) is 0 Å². The highest BCUT2D eigenvalue weighted by Crippen LogP contribution is 2.28. The average molecular weight is 432 g/mol. The van der Waals surface area contributed by atoms with Gasteiger partial charge in [-0.1, -0.05) is 66.7 Å². The van der Waals surface area contributed by atoms with Crippen LogP contribution in [0, 0.1) is 10.1 Å². The summed E-state index contributed by atoms with van der Waals surface area (Å²) in [5.74, 6) is -2.09. The highest BCUT2D eigenvalue weighted by Gasteiger charge is 2.22. The number of hydrogen-bond acceptors (Lipinski definition) is 6. The van der Waals surface area contributed by atoms with Crippen molar-refractivity contribution in [1.82, 2.24) is 10.7 Å². The lowest BCUT2D eigenvalue weighted by Crippen LogP contribution is -2.37. The maximum absolute atomic E-state index is 12.9. The summed E-state index contributed by atoms with van der Waals surface area (Å²) in [6.07, 6.45) is 1.08.